The number of aliphatic hydroxyl groups excluding tert-OH is 1. The van der Waals surface area contributed by atoms with Crippen LogP contribution in [0.4, 0.5) is 0 Å². The van der Waals surface area contributed by atoms with Crippen LogP contribution in [0.1, 0.15) is 25.3 Å². The highest BCUT2D eigenvalue weighted by Crippen LogP contribution is 2.31. The molecule has 0 saturated carbocycles. The molecule has 0 amide bonds. The molecule has 0 aliphatic carbocycles. The van der Waals surface area contributed by atoms with Gasteiger partial charge in [-0.15, -0.1) is 0 Å². The number of nitrogens with zero attached hydrogens (tertiary/aromatic N) is 1. The van der Waals surface area contributed by atoms with E-state index in [-0.39, 0.29) is 12.0 Å². The molecule has 20 heavy (non-hydrogen) atoms. The number of rotatable bonds is 5. The summed E-state index contributed by atoms with van der Waals surface area (Å²) in [5.74, 6) is 1.53. The molecule has 1 atom stereocenters. The second-order valence-electron chi connectivity index (χ2n) is 5.97. The van der Waals surface area contributed by atoms with Crippen molar-refractivity contribution < 1.29 is 14.6 Å². The quantitative estimate of drug-likeness (QED) is 0.898. The first kappa shape index (κ1) is 15.1. The Morgan fingerprint density at radius 3 is 2.65 bits per heavy atom. The van der Waals surface area contributed by atoms with E-state index in [4.69, 9.17) is 9.47 Å². The number of benzene rings is 1. The summed E-state index contributed by atoms with van der Waals surface area (Å²) in [6.07, 6.45) is 2.25. The summed E-state index contributed by atoms with van der Waals surface area (Å²) in [6, 6.07) is 6.05. The highest BCUT2D eigenvalue weighted by atomic mass is 16.5. The minimum Gasteiger partial charge on any atom is -0.493 e. The van der Waals surface area contributed by atoms with Gasteiger partial charge in [0.2, 0.25) is 0 Å². The van der Waals surface area contributed by atoms with Gasteiger partial charge in [0.25, 0.3) is 0 Å². The van der Waals surface area contributed by atoms with E-state index in [2.05, 4.69) is 17.9 Å². The van der Waals surface area contributed by atoms with Crippen molar-refractivity contribution in [1.82, 2.24) is 4.90 Å². The summed E-state index contributed by atoms with van der Waals surface area (Å²) in [5, 5.41) is 9.52. The molecule has 1 aliphatic heterocycles. The normalized spacial score (nSPS) is 23.6. The lowest BCUT2D eigenvalue weighted by atomic mass is 9.82. The fourth-order valence-corrected chi connectivity index (χ4v) is 2.93. The average Bonchev–Trinajstić information content (AvgIpc) is 2.47. The van der Waals surface area contributed by atoms with Gasteiger partial charge in [0, 0.05) is 25.1 Å². The van der Waals surface area contributed by atoms with E-state index in [0.717, 1.165) is 44.0 Å². The molecular weight excluding hydrogens is 254 g/mol. The lowest BCUT2D eigenvalue weighted by molar-refractivity contribution is 0.0429. The number of piperidine rings is 1. The van der Waals surface area contributed by atoms with Crippen molar-refractivity contribution in [2.75, 3.05) is 33.9 Å². The minimum absolute atomic E-state index is 0.0365. The summed E-state index contributed by atoms with van der Waals surface area (Å²) in [7, 11) is 3.31. The monoisotopic (exact) mass is 279 g/mol. The number of hydrogen-bond donors (Lipinski definition) is 1. The number of ether oxygens (including phenoxy) is 2. The summed E-state index contributed by atoms with van der Waals surface area (Å²) >= 11 is 0. The van der Waals surface area contributed by atoms with Crippen LogP contribution in [0.5, 0.6) is 11.5 Å². The molecule has 1 N–H and O–H groups in total. The number of hydrogen-bond acceptors (Lipinski definition) is 4. The van der Waals surface area contributed by atoms with E-state index in [9.17, 15) is 5.11 Å². The van der Waals surface area contributed by atoms with Gasteiger partial charge in [-0.1, -0.05) is 13.0 Å². The van der Waals surface area contributed by atoms with Gasteiger partial charge < -0.3 is 14.6 Å². The van der Waals surface area contributed by atoms with Gasteiger partial charge in [-0.05, 0) is 37.1 Å². The Hall–Kier alpha value is -1.26. The maximum absolute atomic E-state index is 9.52. The molecule has 0 spiro atoms. The van der Waals surface area contributed by atoms with Crippen molar-refractivity contribution in [1.29, 1.82) is 0 Å². The largest absolute Gasteiger partial charge is 0.493 e. The number of aliphatic hydroxyl groups is 1. The van der Waals surface area contributed by atoms with Crippen molar-refractivity contribution in [2.45, 2.75) is 26.3 Å². The zero-order chi connectivity index (χ0) is 14.6. The smallest absolute Gasteiger partial charge is 0.161 e. The van der Waals surface area contributed by atoms with Crippen molar-refractivity contribution >= 4 is 0 Å². The van der Waals surface area contributed by atoms with Gasteiger partial charge in [0.15, 0.2) is 11.5 Å². The topological polar surface area (TPSA) is 41.9 Å². The summed E-state index contributed by atoms with van der Waals surface area (Å²) in [4.78, 5) is 2.40. The van der Waals surface area contributed by atoms with Gasteiger partial charge in [0.1, 0.15) is 0 Å². The first-order valence-electron chi connectivity index (χ1n) is 7.14. The Morgan fingerprint density at radius 1 is 1.25 bits per heavy atom. The summed E-state index contributed by atoms with van der Waals surface area (Å²) < 4.78 is 10.6. The molecule has 1 aliphatic rings. The van der Waals surface area contributed by atoms with E-state index in [0.29, 0.717) is 0 Å². The molecule has 112 valence electrons. The first-order chi connectivity index (χ1) is 9.60. The Labute approximate surface area is 121 Å². The van der Waals surface area contributed by atoms with Crippen LogP contribution >= 0.6 is 0 Å². The fraction of sp³-hybridized carbons (Fsp3) is 0.625. The van der Waals surface area contributed by atoms with E-state index in [1.807, 2.05) is 12.1 Å². The molecule has 0 bridgehead atoms. The van der Waals surface area contributed by atoms with E-state index in [1.165, 1.54) is 5.56 Å². The summed E-state index contributed by atoms with van der Waals surface area (Å²) in [5.41, 5.74) is 1.25. The molecule has 2 rings (SSSR count). The third-order valence-electron chi connectivity index (χ3n) is 4.10. The highest BCUT2D eigenvalue weighted by Gasteiger charge is 2.30. The molecular formula is C16H25NO3. The average molecular weight is 279 g/mol. The van der Waals surface area contributed by atoms with Crippen LogP contribution in [0.3, 0.4) is 0 Å². The van der Waals surface area contributed by atoms with Crippen LogP contribution in [0, 0.1) is 5.41 Å². The second-order valence-corrected chi connectivity index (χ2v) is 5.97. The Balaban J connectivity index is 2.06. The van der Waals surface area contributed by atoms with Crippen LogP contribution in [-0.2, 0) is 6.54 Å². The molecule has 0 aromatic heterocycles. The molecule has 4 nitrogen and oxygen atoms in total. The van der Waals surface area contributed by atoms with Crippen molar-refractivity contribution in [3.8, 4) is 11.5 Å². The molecule has 1 aromatic carbocycles. The van der Waals surface area contributed by atoms with Crippen molar-refractivity contribution in [3.63, 3.8) is 0 Å². The van der Waals surface area contributed by atoms with E-state index in [1.54, 1.807) is 14.2 Å². The molecule has 1 aromatic rings. The molecule has 1 fully saturated rings. The minimum atomic E-state index is 0.0365. The third-order valence-corrected chi connectivity index (χ3v) is 4.10. The Kier molecular flexibility index (Phi) is 4.89. The Morgan fingerprint density at radius 2 is 2.00 bits per heavy atom. The van der Waals surface area contributed by atoms with Crippen LogP contribution in [0.2, 0.25) is 0 Å². The van der Waals surface area contributed by atoms with Gasteiger partial charge in [0.05, 0.1) is 14.2 Å². The Bertz CT molecular complexity index is 449. The van der Waals surface area contributed by atoms with Crippen molar-refractivity contribution in [3.05, 3.63) is 23.8 Å². The van der Waals surface area contributed by atoms with Crippen LogP contribution in [0.15, 0.2) is 18.2 Å². The lowest BCUT2D eigenvalue weighted by Gasteiger charge is -2.39. The number of likely N-dealkylation sites (tertiary alicyclic amines) is 1. The van der Waals surface area contributed by atoms with Gasteiger partial charge in [-0.25, -0.2) is 0 Å². The van der Waals surface area contributed by atoms with Crippen LogP contribution < -0.4 is 9.47 Å². The maximum Gasteiger partial charge on any atom is 0.161 e. The predicted molar refractivity (Wildman–Crippen MR) is 79.2 cm³/mol. The SMILES string of the molecule is COc1ccc(CN2CCCC(C)(CO)C2)cc1OC. The van der Waals surface area contributed by atoms with Gasteiger partial charge in [-0.2, -0.15) is 0 Å². The lowest BCUT2D eigenvalue weighted by Crippen LogP contribution is -2.43. The maximum atomic E-state index is 9.52. The highest BCUT2D eigenvalue weighted by molar-refractivity contribution is 5.42. The zero-order valence-corrected chi connectivity index (χ0v) is 12.7. The van der Waals surface area contributed by atoms with Crippen LogP contribution in [-0.4, -0.2) is 43.9 Å². The number of methoxy groups -OCH3 is 2. The van der Waals surface area contributed by atoms with E-state index >= 15 is 0 Å². The van der Waals surface area contributed by atoms with Crippen molar-refractivity contribution in [2.24, 2.45) is 5.41 Å². The van der Waals surface area contributed by atoms with E-state index < -0.39 is 0 Å². The molecule has 0 radical (unpaired) electrons. The molecule has 1 unspecified atom stereocenters. The second kappa shape index (κ2) is 6.46. The van der Waals surface area contributed by atoms with Gasteiger partial charge in [-0.3, -0.25) is 4.90 Å². The molecule has 1 heterocycles. The fourth-order valence-electron chi connectivity index (χ4n) is 2.93. The zero-order valence-electron chi connectivity index (χ0n) is 12.7. The molecule has 4 heteroatoms. The molecule has 1 saturated heterocycles. The van der Waals surface area contributed by atoms with Crippen LogP contribution in [0.25, 0.3) is 0 Å². The first-order valence-corrected chi connectivity index (χ1v) is 7.14. The standard InChI is InChI=1S/C16H25NO3/c1-16(12-18)7-4-8-17(11-16)10-13-5-6-14(19-2)15(9-13)20-3/h5-6,9,18H,4,7-8,10-12H2,1-3H3. The van der Waals surface area contributed by atoms with Gasteiger partial charge >= 0.3 is 0 Å². The third kappa shape index (κ3) is 3.44. The summed E-state index contributed by atoms with van der Waals surface area (Å²) in [6.45, 7) is 5.33. The predicted octanol–water partition coefficient (Wildman–Crippen LogP) is 2.30.